The van der Waals surface area contributed by atoms with Crippen LogP contribution in [0.3, 0.4) is 0 Å². The molecule has 1 aliphatic heterocycles. The molecule has 0 saturated heterocycles. The van der Waals surface area contributed by atoms with Crippen LogP contribution in [0.4, 0.5) is 5.69 Å². The highest BCUT2D eigenvalue weighted by Crippen LogP contribution is 2.32. The average molecular weight is 450 g/mol. The smallest absolute Gasteiger partial charge is 0.305 e. The van der Waals surface area contributed by atoms with Gasteiger partial charge in [-0.15, -0.1) is 11.3 Å². The third-order valence-corrected chi connectivity index (χ3v) is 7.29. The van der Waals surface area contributed by atoms with E-state index in [0.29, 0.717) is 22.8 Å². The maximum absolute atomic E-state index is 12.7. The number of fused-ring (bicyclic) bond motifs is 2. The lowest BCUT2D eigenvalue weighted by Crippen LogP contribution is -2.41. The molecule has 1 unspecified atom stereocenters. The summed E-state index contributed by atoms with van der Waals surface area (Å²) in [5.41, 5.74) is 8.53. The van der Waals surface area contributed by atoms with Crippen molar-refractivity contribution < 1.29 is 18.8 Å². The minimum absolute atomic E-state index is 0.0250. The Balaban J connectivity index is 1.24. The predicted molar refractivity (Wildman–Crippen MR) is 120 cm³/mol. The molecule has 8 heteroatoms. The van der Waals surface area contributed by atoms with E-state index in [1.54, 1.807) is 11.0 Å². The highest BCUT2D eigenvalue weighted by atomic mass is 32.1. The normalized spacial score (nSPS) is 17.1. The molecule has 1 aromatic carbocycles. The number of benzene rings is 1. The van der Waals surface area contributed by atoms with Crippen LogP contribution in [0.1, 0.15) is 55.1 Å². The van der Waals surface area contributed by atoms with Crippen LogP contribution < -0.4 is 15.8 Å². The van der Waals surface area contributed by atoms with E-state index in [0.717, 1.165) is 30.5 Å². The van der Waals surface area contributed by atoms with E-state index < -0.39 is 5.91 Å². The Morgan fingerprint density at radius 1 is 1.16 bits per heavy atom. The summed E-state index contributed by atoms with van der Waals surface area (Å²) in [6, 6.07) is 11.2. The van der Waals surface area contributed by atoms with Crippen molar-refractivity contribution >= 4 is 34.7 Å². The molecule has 7 nitrogen and oxygen atoms in total. The Kier molecular flexibility index (Phi) is 5.30. The number of para-hydroxylation sites is 1. The van der Waals surface area contributed by atoms with E-state index in [9.17, 15) is 14.4 Å². The zero-order valence-electron chi connectivity index (χ0n) is 17.6. The van der Waals surface area contributed by atoms with Crippen LogP contribution in [-0.4, -0.2) is 17.7 Å². The van der Waals surface area contributed by atoms with Gasteiger partial charge in [0.05, 0.1) is 24.1 Å². The number of carbonyl (C=O) groups is 3. The molecule has 2 aliphatic rings. The molecule has 1 aliphatic carbocycles. The second-order valence-electron chi connectivity index (χ2n) is 8.38. The molecule has 5 rings (SSSR count). The van der Waals surface area contributed by atoms with Crippen molar-refractivity contribution in [1.82, 2.24) is 10.9 Å². The number of thiophene rings is 1. The van der Waals surface area contributed by atoms with Gasteiger partial charge in [-0.1, -0.05) is 25.1 Å². The fourth-order valence-corrected chi connectivity index (χ4v) is 5.47. The minimum atomic E-state index is -0.562. The largest absolute Gasteiger partial charge is 0.459 e. The first-order valence-corrected chi connectivity index (χ1v) is 11.5. The van der Waals surface area contributed by atoms with Gasteiger partial charge in [-0.25, -0.2) is 0 Å². The number of hydrazine groups is 1. The summed E-state index contributed by atoms with van der Waals surface area (Å²) in [5, 5.41) is 0. The quantitative estimate of drug-likeness (QED) is 0.595. The highest BCUT2D eigenvalue weighted by Gasteiger charge is 2.29. The first kappa shape index (κ1) is 20.5. The Morgan fingerprint density at radius 3 is 2.84 bits per heavy atom. The van der Waals surface area contributed by atoms with Crippen molar-refractivity contribution in [2.75, 3.05) is 4.90 Å². The number of aryl methyl sites for hydroxylation is 1. The summed E-state index contributed by atoms with van der Waals surface area (Å²) < 4.78 is 5.38. The van der Waals surface area contributed by atoms with Crippen molar-refractivity contribution in [2.24, 2.45) is 5.92 Å². The molecular weight excluding hydrogens is 426 g/mol. The second kappa shape index (κ2) is 8.27. The summed E-state index contributed by atoms with van der Waals surface area (Å²) in [7, 11) is 0. The first-order chi connectivity index (χ1) is 15.5. The third kappa shape index (κ3) is 3.82. The van der Waals surface area contributed by atoms with Crippen LogP contribution in [0.25, 0.3) is 0 Å². The summed E-state index contributed by atoms with van der Waals surface area (Å²) >= 11 is 1.48. The zero-order chi connectivity index (χ0) is 22.2. The van der Waals surface area contributed by atoms with Crippen LogP contribution in [0.5, 0.6) is 0 Å². The van der Waals surface area contributed by atoms with Gasteiger partial charge in [0.2, 0.25) is 5.91 Å². The number of furan rings is 1. The van der Waals surface area contributed by atoms with Gasteiger partial charge in [0, 0.05) is 16.1 Å². The van der Waals surface area contributed by atoms with Crippen LogP contribution >= 0.6 is 11.3 Å². The van der Waals surface area contributed by atoms with Crippen molar-refractivity contribution in [1.29, 1.82) is 0 Å². The molecule has 0 saturated carbocycles. The molecule has 32 heavy (non-hydrogen) atoms. The summed E-state index contributed by atoms with van der Waals surface area (Å²) in [6.07, 6.45) is 4.87. The van der Waals surface area contributed by atoms with E-state index in [-0.39, 0.29) is 24.1 Å². The Labute approximate surface area is 189 Å². The number of nitrogens with one attached hydrogen (secondary N) is 2. The van der Waals surface area contributed by atoms with Crippen molar-refractivity contribution in [3.05, 3.63) is 74.9 Å². The number of hydrogen-bond acceptors (Lipinski definition) is 5. The fourth-order valence-electron chi connectivity index (χ4n) is 4.37. The SMILES string of the molecule is CC1CCc2sc(C(=O)NNC(=O)c3occc3CN3C(=O)Cc4ccccc43)cc2C1. The molecule has 1 atom stereocenters. The fraction of sp³-hybridized carbons (Fsp3) is 0.292. The van der Waals surface area contributed by atoms with Crippen LogP contribution in [0.2, 0.25) is 0 Å². The Bertz CT molecular complexity index is 1210. The molecule has 0 fully saturated rings. The van der Waals surface area contributed by atoms with Crippen molar-refractivity contribution in [3.63, 3.8) is 0 Å². The summed E-state index contributed by atoms with van der Waals surface area (Å²) in [5.74, 6) is -0.236. The molecule has 0 radical (unpaired) electrons. The van der Waals surface area contributed by atoms with E-state index >= 15 is 0 Å². The number of nitrogens with zero attached hydrogens (tertiary/aromatic N) is 1. The molecule has 2 aromatic heterocycles. The molecule has 3 heterocycles. The molecule has 3 amide bonds. The van der Waals surface area contributed by atoms with Gasteiger partial charge in [0.15, 0.2) is 5.76 Å². The molecular formula is C24H23N3O4S. The van der Waals surface area contributed by atoms with Gasteiger partial charge in [-0.3, -0.25) is 25.2 Å². The van der Waals surface area contributed by atoms with Gasteiger partial charge in [-0.05, 0) is 54.5 Å². The topological polar surface area (TPSA) is 91.7 Å². The molecule has 164 valence electrons. The van der Waals surface area contributed by atoms with Crippen LogP contribution in [0.15, 0.2) is 47.1 Å². The van der Waals surface area contributed by atoms with Gasteiger partial charge < -0.3 is 9.32 Å². The standard InChI is InChI=1S/C24H23N3O4S/c1-14-6-7-19-17(10-14)11-20(32-19)23(29)25-26-24(30)22-16(8-9-31-22)13-27-18-5-3-2-4-15(18)12-21(27)28/h2-5,8-9,11,14H,6-7,10,12-13H2,1H3,(H,25,29)(H,26,30). The molecule has 0 spiro atoms. The van der Waals surface area contributed by atoms with Crippen LogP contribution in [0, 0.1) is 5.92 Å². The lowest BCUT2D eigenvalue weighted by atomic mass is 9.90. The monoisotopic (exact) mass is 449 g/mol. The summed E-state index contributed by atoms with van der Waals surface area (Å²) in [4.78, 5) is 41.2. The number of amides is 3. The van der Waals surface area contributed by atoms with E-state index in [1.807, 2.05) is 30.3 Å². The summed E-state index contributed by atoms with van der Waals surface area (Å²) in [6.45, 7) is 2.44. The first-order valence-electron chi connectivity index (χ1n) is 10.7. The Morgan fingerprint density at radius 2 is 1.97 bits per heavy atom. The van der Waals surface area contributed by atoms with Gasteiger partial charge in [0.1, 0.15) is 0 Å². The molecule has 2 N–H and O–H groups in total. The van der Waals surface area contributed by atoms with Crippen molar-refractivity contribution in [3.8, 4) is 0 Å². The minimum Gasteiger partial charge on any atom is -0.459 e. The maximum atomic E-state index is 12.7. The lowest BCUT2D eigenvalue weighted by molar-refractivity contribution is -0.117. The van der Waals surface area contributed by atoms with Gasteiger partial charge in [-0.2, -0.15) is 0 Å². The Hall–Kier alpha value is -3.39. The number of carbonyl (C=O) groups excluding carboxylic acids is 3. The molecule has 0 bridgehead atoms. The average Bonchev–Trinajstić information content (AvgIpc) is 3.49. The van der Waals surface area contributed by atoms with E-state index in [2.05, 4.69) is 17.8 Å². The maximum Gasteiger partial charge on any atom is 0.305 e. The third-order valence-electron chi connectivity index (χ3n) is 6.05. The number of hydrogen-bond donors (Lipinski definition) is 2. The second-order valence-corrected chi connectivity index (χ2v) is 9.51. The predicted octanol–water partition coefficient (Wildman–Crippen LogP) is 3.63. The lowest BCUT2D eigenvalue weighted by Gasteiger charge is -2.17. The van der Waals surface area contributed by atoms with Crippen molar-refractivity contribution in [2.45, 2.75) is 39.2 Å². The van der Waals surface area contributed by atoms with E-state index in [1.165, 1.54) is 28.0 Å². The zero-order valence-corrected chi connectivity index (χ0v) is 18.5. The van der Waals surface area contributed by atoms with E-state index in [4.69, 9.17) is 4.42 Å². The van der Waals surface area contributed by atoms with Crippen LogP contribution in [-0.2, 0) is 30.6 Å². The van der Waals surface area contributed by atoms with Gasteiger partial charge >= 0.3 is 5.91 Å². The number of rotatable bonds is 4. The molecule has 3 aromatic rings. The van der Waals surface area contributed by atoms with Gasteiger partial charge in [0.25, 0.3) is 5.91 Å². The number of anilines is 1. The highest BCUT2D eigenvalue weighted by molar-refractivity contribution is 7.14.